The summed E-state index contributed by atoms with van der Waals surface area (Å²) in [6.45, 7) is 6.07. The van der Waals surface area contributed by atoms with Crippen molar-refractivity contribution in [2.45, 2.75) is 32.6 Å². The van der Waals surface area contributed by atoms with Crippen LogP contribution in [0, 0.1) is 11.3 Å². The lowest BCUT2D eigenvalue weighted by Gasteiger charge is -2.40. The average Bonchev–Trinajstić information content (AvgIpc) is 2.45. The Kier molecular flexibility index (Phi) is 4.86. The molecule has 114 valence electrons. The van der Waals surface area contributed by atoms with Gasteiger partial charge in [-0.3, -0.25) is 4.79 Å². The first-order chi connectivity index (χ1) is 9.51. The minimum Gasteiger partial charge on any atom is -0.352 e. The molecule has 2 aliphatic rings. The maximum absolute atomic E-state index is 12.7. The molecule has 2 aliphatic heterocycles. The molecule has 1 atom stereocenters. The first-order valence-corrected chi connectivity index (χ1v) is 7.55. The highest BCUT2D eigenvalue weighted by Gasteiger charge is 2.38. The number of urea groups is 1. The van der Waals surface area contributed by atoms with Crippen LogP contribution in [0.4, 0.5) is 4.79 Å². The lowest BCUT2D eigenvalue weighted by atomic mass is 9.79. The molecule has 4 N–H and O–H groups in total. The van der Waals surface area contributed by atoms with Crippen molar-refractivity contribution in [2.75, 3.05) is 32.7 Å². The number of piperidine rings is 2. The molecule has 0 bridgehead atoms. The fraction of sp³-hybridized carbons (Fsp3) is 0.857. The second-order valence-corrected chi connectivity index (χ2v) is 6.32. The van der Waals surface area contributed by atoms with Crippen LogP contribution in [-0.4, -0.2) is 49.6 Å². The van der Waals surface area contributed by atoms with E-state index in [4.69, 9.17) is 5.73 Å². The number of carbonyl (C=O) groups excluding carboxylic acids is 2. The highest BCUT2D eigenvalue weighted by atomic mass is 16.2. The summed E-state index contributed by atoms with van der Waals surface area (Å²) in [5.74, 6) is 0.605. The van der Waals surface area contributed by atoms with E-state index in [1.807, 2.05) is 4.90 Å². The molecule has 2 saturated heterocycles. The Balaban J connectivity index is 1.90. The molecule has 1 unspecified atom stereocenters. The maximum Gasteiger partial charge on any atom is 0.312 e. The predicted molar refractivity (Wildman–Crippen MR) is 77.1 cm³/mol. The number of rotatable bonds is 3. The molecule has 0 aromatic heterocycles. The highest BCUT2D eigenvalue weighted by molar-refractivity contribution is 5.82. The van der Waals surface area contributed by atoms with E-state index in [2.05, 4.69) is 17.6 Å². The number of hydrogen-bond acceptors (Lipinski definition) is 3. The molecule has 0 saturated carbocycles. The van der Waals surface area contributed by atoms with Crippen LogP contribution in [0.25, 0.3) is 0 Å². The van der Waals surface area contributed by atoms with Gasteiger partial charge in [0.25, 0.3) is 0 Å². The van der Waals surface area contributed by atoms with E-state index in [0.717, 1.165) is 51.9 Å². The fourth-order valence-electron chi connectivity index (χ4n) is 3.24. The average molecular weight is 282 g/mol. The van der Waals surface area contributed by atoms with E-state index < -0.39 is 6.03 Å². The van der Waals surface area contributed by atoms with Gasteiger partial charge in [-0.25, -0.2) is 4.79 Å². The van der Waals surface area contributed by atoms with E-state index in [1.54, 1.807) is 0 Å². The molecule has 2 rings (SSSR count). The molecular weight excluding hydrogens is 256 g/mol. The summed E-state index contributed by atoms with van der Waals surface area (Å²) in [4.78, 5) is 25.5. The number of nitrogens with zero attached hydrogens (tertiary/aromatic N) is 1. The van der Waals surface area contributed by atoms with Crippen LogP contribution in [0.3, 0.4) is 0 Å². The van der Waals surface area contributed by atoms with E-state index in [9.17, 15) is 9.59 Å². The summed E-state index contributed by atoms with van der Waals surface area (Å²) < 4.78 is 0. The lowest BCUT2D eigenvalue weighted by molar-refractivity contribution is -0.144. The predicted octanol–water partition coefficient (Wildman–Crippen LogP) is 0.283. The quantitative estimate of drug-likeness (QED) is 0.695. The van der Waals surface area contributed by atoms with Gasteiger partial charge in [-0.05, 0) is 44.7 Å². The summed E-state index contributed by atoms with van der Waals surface area (Å²) in [6, 6.07) is -0.487. The molecule has 2 heterocycles. The normalized spacial score (nSPS) is 26.1. The van der Waals surface area contributed by atoms with Gasteiger partial charge >= 0.3 is 6.03 Å². The zero-order valence-electron chi connectivity index (χ0n) is 12.3. The van der Waals surface area contributed by atoms with Crippen molar-refractivity contribution in [1.82, 2.24) is 15.5 Å². The first kappa shape index (κ1) is 15.1. The molecule has 0 aromatic rings. The van der Waals surface area contributed by atoms with Crippen molar-refractivity contribution < 1.29 is 9.59 Å². The molecule has 0 aromatic carbocycles. The minimum absolute atomic E-state index is 0.218. The molecular formula is C14H26N4O2. The zero-order chi connectivity index (χ0) is 14.6. The SMILES string of the molecule is CC1(C(=O)N2CCCC(CNC(N)=O)C2)CCNCC1. The van der Waals surface area contributed by atoms with Gasteiger partial charge in [0.1, 0.15) is 0 Å². The molecule has 20 heavy (non-hydrogen) atoms. The standard InChI is InChI=1S/C14H26N4O2/c1-14(4-6-16-7-5-14)12(19)18-8-2-3-11(10-18)9-17-13(15)20/h11,16H,2-10H2,1H3,(H3,15,17,20). The van der Waals surface area contributed by atoms with Crippen molar-refractivity contribution in [1.29, 1.82) is 0 Å². The maximum atomic E-state index is 12.7. The highest BCUT2D eigenvalue weighted by Crippen LogP contribution is 2.32. The van der Waals surface area contributed by atoms with Crippen molar-refractivity contribution in [3.63, 3.8) is 0 Å². The van der Waals surface area contributed by atoms with Crippen LogP contribution in [-0.2, 0) is 4.79 Å². The number of likely N-dealkylation sites (tertiary alicyclic amines) is 1. The van der Waals surface area contributed by atoms with Crippen LogP contribution in [0.1, 0.15) is 32.6 Å². The smallest absolute Gasteiger partial charge is 0.312 e. The zero-order valence-corrected chi connectivity index (χ0v) is 12.3. The topological polar surface area (TPSA) is 87.5 Å². The molecule has 6 nitrogen and oxygen atoms in total. The van der Waals surface area contributed by atoms with Crippen LogP contribution < -0.4 is 16.4 Å². The Bertz CT molecular complexity index is 366. The summed E-state index contributed by atoms with van der Waals surface area (Å²) >= 11 is 0. The number of nitrogens with two attached hydrogens (primary N) is 1. The Hall–Kier alpha value is -1.30. The third-order valence-electron chi connectivity index (χ3n) is 4.59. The van der Waals surface area contributed by atoms with Crippen LogP contribution in [0.15, 0.2) is 0 Å². The number of hydrogen-bond donors (Lipinski definition) is 3. The van der Waals surface area contributed by atoms with E-state index >= 15 is 0 Å². The van der Waals surface area contributed by atoms with Crippen molar-refractivity contribution >= 4 is 11.9 Å². The minimum atomic E-state index is -0.487. The third-order valence-corrected chi connectivity index (χ3v) is 4.59. The van der Waals surface area contributed by atoms with Gasteiger partial charge in [0.05, 0.1) is 0 Å². The van der Waals surface area contributed by atoms with Gasteiger partial charge in [-0.2, -0.15) is 0 Å². The van der Waals surface area contributed by atoms with Crippen molar-refractivity contribution in [3.8, 4) is 0 Å². The van der Waals surface area contributed by atoms with E-state index in [1.165, 1.54) is 0 Å². The molecule has 0 radical (unpaired) electrons. The first-order valence-electron chi connectivity index (χ1n) is 7.55. The van der Waals surface area contributed by atoms with Gasteiger partial charge in [0.15, 0.2) is 0 Å². The summed E-state index contributed by atoms with van der Waals surface area (Å²) in [5.41, 5.74) is 4.89. The number of amides is 3. The molecule has 0 spiro atoms. The van der Waals surface area contributed by atoms with Gasteiger partial charge in [-0.1, -0.05) is 6.92 Å². The molecule has 6 heteroatoms. The molecule has 2 fully saturated rings. The van der Waals surface area contributed by atoms with Gasteiger partial charge < -0.3 is 21.3 Å². The number of nitrogens with one attached hydrogen (secondary N) is 2. The largest absolute Gasteiger partial charge is 0.352 e. The number of primary amides is 1. The second-order valence-electron chi connectivity index (χ2n) is 6.32. The van der Waals surface area contributed by atoms with Crippen molar-refractivity contribution in [3.05, 3.63) is 0 Å². The summed E-state index contributed by atoms with van der Waals surface area (Å²) in [6.07, 6.45) is 3.87. The van der Waals surface area contributed by atoms with Crippen LogP contribution in [0.5, 0.6) is 0 Å². The molecule has 0 aliphatic carbocycles. The second kappa shape index (κ2) is 6.43. The fourth-order valence-corrected chi connectivity index (χ4v) is 3.24. The Morgan fingerprint density at radius 1 is 1.40 bits per heavy atom. The Morgan fingerprint density at radius 3 is 2.75 bits per heavy atom. The summed E-state index contributed by atoms with van der Waals surface area (Å²) in [7, 11) is 0. The van der Waals surface area contributed by atoms with E-state index in [0.29, 0.717) is 12.5 Å². The third kappa shape index (κ3) is 3.62. The Labute approximate surface area is 120 Å². The van der Waals surface area contributed by atoms with Crippen molar-refractivity contribution in [2.24, 2.45) is 17.1 Å². The lowest BCUT2D eigenvalue weighted by Crippen LogP contribution is -2.51. The van der Waals surface area contributed by atoms with E-state index in [-0.39, 0.29) is 11.3 Å². The summed E-state index contributed by atoms with van der Waals surface area (Å²) in [5, 5.41) is 5.96. The van der Waals surface area contributed by atoms with Gasteiger partial charge in [0.2, 0.25) is 5.91 Å². The van der Waals surface area contributed by atoms with Gasteiger partial charge in [-0.15, -0.1) is 0 Å². The molecule has 3 amide bonds. The van der Waals surface area contributed by atoms with Crippen LogP contribution in [0.2, 0.25) is 0 Å². The Morgan fingerprint density at radius 2 is 2.10 bits per heavy atom. The number of carbonyl (C=O) groups is 2. The van der Waals surface area contributed by atoms with Crippen LogP contribution >= 0.6 is 0 Å². The van der Waals surface area contributed by atoms with Gasteiger partial charge in [0, 0.05) is 25.0 Å². The monoisotopic (exact) mass is 282 g/mol.